The van der Waals surface area contributed by atoms with E-state index in [-0.39, 0.29) is 9.76 Å². The highest BCUT2D eigenvalue weighted by Gasteiger charge is 2.10. The van der Waals surface area contributed by atoms with Crippen LogP contribution in [0.25, 0.3) is 0 Å². The highest BCUT2D eigenvalue weighted by atomic mass is 28.4. The lowest BCUT2D eigenvalue weighted by Crippen LogP contribution is -2.26. The van der Waals surface area contributed by atoms with Gasteiger partial charge in [0.1, 0.15) is 9.76 Å². The van der Waals surface area contributed by atoms with E-state index in [1.165, 1.54) is 0 Å². The smallest absolute Gasteiger partial charge is 0.169 e. The maximum absolute atomic E-state index is 5.51. The average Bonchev–Trinajstić information content (AvgIpc) is 1.86. The molecule has 0 aromatic rings. The third-order valence-corrected chi connectivity index (χ3v) is 5.36. The second-order valence-corrected chi connectivity index (χ2v) is 8.97. The predicted molar refractivity (Wildman–Crippen MR) is 59.2 cm³/mol. The number of allylic oxidation sites excluding steroid dienone is 2. The van der Waals surface area contributed by atoms with Crippen molar-refractivity contribution in [3.8, 4) is 0 Å². The molecule has 3 heteroatoms. The first-order valence-electron chi connectivity index (χ1n) is 3.85. The van der Waals surface area contributed by atoms with Crippen LogP contribution in [0.2, 0.25) is 26.2 Å². The molecule has 0 aliphatic heterocycles. The van der Waals surface area contributed by atoms with Crippen molar-refractivity contribution in [2.24, 2.45) is 0 Å². The Morgan fingerprint density at radius 3 is 1.55 bits per heavy atom. The molecule has 0 atom stereocenters. The molecule has 0 unspecified atom stereocenters. The highest BCUT2D eigenvalue weighted by Crippen LogP contribution is 1.99. The van der Waals surface area contributed by atoms with Crippen LogP contribution in [0.5, 0.6) is 0 Å². The molecule has 0 fully saturated rings. The Bertz CT molecular complexity index is 99.1. The molecule has 66 valence electrons. The maximum atomic E-state index is 5.51. The Morgan fingerprint density at radius 2 is 1.55 bits per heavy atom. The van der Waals surface area contributed by atoms with Gasteiger partial charge in [0.05, 0.1) is 0 Å². The average molecular weight is 188 g/mol. The van der Waals surface area contributed by atoms with Crippen molar-refractivity contribution in [3.05, 3.63) is 25.3 Å². The molecule has 1 nitrogen and oxygen atoms in total. The Kier molecular flexibility index (Phi) is 9.76. The van der Waals surface area contributed by atoms with Gasteiger partial charge in [-0.3, -0.25) is 0 Å². The highest BCUT2D eigenvalue weighted by molar-refractivity contribution is 6.73. The van der Waals surface area contributed by atoms with Crippen LogP contribution in [0.1, 0.15) is 0 Å². The zero-order valence-electron chi connectivity index (χ0n) is 8.18. The summed E-state index contributed by atoms with van der Waals surface area (Å²) in [6.07, 6.45) is 3.28. The largest absolute Gasteiger partial charge is 0.461 e. The first-order chi connectivity index (χ1) is 4.97. The minimum absolute atomic E-state index is 0.128. The SMILES string of the molecule is C=CC=C.C[SiH2]O[Si](C)(C)C. The van der Waals surface area contributed by atoms with Gasteiger partial charge in [0, 0.05) is 0 Å². The molecule has 0 aromatic heterocycles. The quantitative estimate of drug-likeness (QED) is 0.488. The van der Waals surface area contributed by atoms with Crippen molar-refractivity contribution in [1.29, 1.82) is 0 Å². The molecule has 0 heterocycles. The normalized spacial score (nSPS) is 10.5. The van der Waals surface area contributed by atoms with Gasteiger partial charge in [-0.25, -0.2) is 0 Å². The fraction of sp³-hybridized carbons (Fsp3) is 0.500. The van der Waals surface area contributed by atoms with Crippen molar-refractivity contribution >= 4 is 18.1 Å². The zero-order chi connectivity index (χ0) is 9.33. The summed E-state index contributed by atoms with van der Waals surface area (Å²) in [5, 5.41) is 0. The van der Waals surface area contributed by atoms with E-state index in [4.69, 9.17) is 4.12 Å². The molecule has 0 aromatic carbocycles. The monoisotopic (exact) mass is 188 g/mol. The third-order valence-electron chi connectivity index (χ3n) is 0.744. The molecule has 0 saturated heterocycles. The van der Waals surface area contributed by atoms with E-state index in [1.807, 2.05) is 0 Å². The first-order valence-corrected chi connectivity index (χ1v) is 9.25. The molecule has 0 saturated carbocycles. The Balaban J connectivity index is 0. The van der Waals surface area contributed by atoms with Crippen LogP contribution >= 0.6 is 0 Å². The van der Waals surface area contributed by atoms with Gasteiger partial charge >= 0.3 is 0 Å². The summed E-state index contributed by atoms with van der Waals surface area (Å²) in [6.45, 7) is 15.6. The lowest BCUT2D eigenvalue weighted by molar-refractivity contribution is 0.603. The molecule has 0 rings (SSSR count). The van der Waals surface area contributed by atoms with Crippen LogP contribution in [0, 0.1) is 0 Å². The summed E-state index contributed by atoms with van der Waals surface area (Å²) >= 11 is 0. The van der Waals surface area contributed by atoms with E-state index in [9.17, 15) is 0 Å². The molecule has 0 aliphatic rings. The molecular formula is C8H20OSi2. The van der Waals surface area contributed by atoms with Gasteiger partial charge in [0.25, 0.3) is 0 Å². The molecule has 0 amide bonds. The Morgan fingerprint density at radius 1 is 1.18 bits per heavy atom. The van der Waals surface area contributed by atoms with E-state index in [2.05, 4.69) is 39.3 Å². The second-order valence-electron chi connectivity index (χ2n) is 3.02. The summed E-state index contributed by atoms with van der Waals surface area (Å²) in [5.41, 5.74) is 0. The standard InChI is InChI=1S/C4H14OSi2.C4H6/c1-6-5-7(2,3)4;1-3-4-2/h6H2,1-4H3;3-4H,1-2H2. The summed E-state index contributed by atoms with van der Waals surface area (Å²) in [7, 11) is -1.22. The van der Waals surface area contributed by atoms with Crippen molar-refractivity contribution in [2.75, 3.05) is 0 Å². The van der Waals surface area contributed by atoms with Crippen LogP contribution in [-0.4, -0.2) is 18.1 Å². The topological polar surface area (TPSA) is 9.23 Å². The molecule has 0 bridgehead atoms. The van der Waals surface area contributed by atoms with Gasteiger partial charge in [-0.05, 0) is 19.6 Å². The molecule has 0 aliphatic carbocycles. The van der Waals surface area contributed by atoms with Crippen LogP contribution < -0.4 is 0 Å². The Hall–Kier alpha value is -0.126. The predicted octanol–water partition coefficient (Wildman–Crippen LogP) is 2.33. The van der Waals surface area contributed by atoms with Crippen molar-refractivity contribution in [2.45, 2.75) is 26.2 Å². The van der Waals surface area contributed by atoms with Gasteiger partial charge in [-0.2, -0.15) is 0 Å². The van der Waals surface area contributed by atoms with Gasteiger partial charge in [-0.15, -0.1) is 0 Å². The zero-order valence-corrected chi connectivity index (χ0v) is 10.6. The van der Waals surface area contributed by atoms with Gasteiger partial charge in [0.2, 0.25) is 0 Å². The molecular weight excluding hydrogens is 168 g/mol. The van der Waals surface area contributed by atoms with Gasteiger partial charge in [-0.1, -0.05) is 31.9 Å². The maximum Gasteiger partial charge on any atom is 0.169 e. The molecule has 0 spiro atoms. The number of rotatable bonds is 3. The summed E-state index contributed by atoms with van der Waals surface area (Å²) in [5.74, 6) is 0. The van der Waals surface area contributed by atoms with E-state index in [0.717, 1.165) is 0 Å². The lowest BCUT2D eigenvalue weighted by Gasteiger charge is -2.14. The number of hydrogen-bond donors (Lipinski definition) is 0. The van der Waals surface area contributed by atoms with Crippen molar-refractivity contribution in [3.63, 3.8) is 0 Å². The Labute approximate surface area is 74.2 Å². The van der Waals surface area contributed by atoms with Crippen molar-refractivity contribution < 1.29 is 4.12 Å². The van der Waals surface area contributed by atoms with E-state index >= 15 is 0 Å². The lowest BCUT2D eigenvalue weighted by atomic mass is 10.6. The van der Waals surface area contributed by atoms with Crippen molar-refractivity contribution in [1.82, 2.24) is 0 Å². The third kappa shape index (κ3) is 25.8. The molecule has 0 N–H and O–H groups in total. The second kappa shape index (κ2) is 7.98. The summed E-state index contributed by atoms with van der Waals surface area (Å²) < 4.78 is 5.51. The summed E-state index contributed by atoms with van der Waals surface area (Å²) in [4.78, 5) is 0. The van der Waals surface area contributed by atoms with Crippen LogP contribution in [0.15, 0.2) is 25.3 Å². The molecule has 11 heavy (non-hydrogen) atoms. The summed E-state index contributed by atoms with van der Waals surface area (Å²) in [6, 6.07) is 0. The van der Waals surface area contributed by atoms with Gasteiger partial charge < -0.3 is 4.12 Å². The fourth-order valence-electron chi connectivity index (χ4n) is 0.433. The van der Waals surface area contributed by atoms with Crippen LogP contribution in [0.3, 0.4) is 0 Å². The minimum Gasteiger partial charge on any atom is -0.461 e. The first kappa shape index (κ1) is 13.5. The van der Waals surface area contributed by atoms with Crippen LogP contribution in [-0.2, 0) is 4.12 Å². The van der Waals surface area contributed by atoms with Crippen LogP contribution in [0.4, 0.5) is 0 Å². The molecule has 0 radical (unpaired) electrons. The fourth-order valence-corrected chi connectivity index (χ4v) is 3.90. The minimum atomic E-state index is -1.10. The van der Waals surface area contributed by atoms with E-state index < -0.39 is 8.32 Å². The number of hydrogen-bond acceptors (Lipinski definition) is 1. The van der Waals surface area contributed by atoms with E-state index in [0.29, 0.717) is 0 Å². The van der Waals surface area contributed by atoms with Gasteiger partial charge in [0.15, 0.2) is 8.32 Å². The van der Waals surface area contributed by atoms with E-state index in [1.54, 1.807) is 12.2 Å².